The minimum Gasteiger partial charge on any atom is -0.391 e. The molecule has 3 heterocycles. The number of rotatable bonds is 6. The summed E-state index contributed by atoms with van der Waals surface area (Å²) in [5.74, 6) is -1.17. The predicted molar refractivity (Wildman–Crippen MR) is 133 cm³/mol. The van der Waals surface area contributed by atoms with Crippen LogP contribution in [0.25, 0.3) is 22.6 Å². The van der Waals surface area contributed by atoms with Gasteiger partial charge >= 0.3 is 0 Å². The summed E-state index contributed by atoms with van der Waals surface area (Å²) in [6.45, 7) is 6.74. The second kappa shape index (κ2) is 8.48. The SMILES string of the molecule is CC[C@@H](O)Cn1ccc(-c2cncc([C@@]34CC[C@@H](c5cc(-c6c(F)cccc6F)nnc53)C4(C)C)n2)n1. The quantitative estimate of drug-likeness (QED) is 0.397. The van der Waals surface area contributed by atoms with E-state index in [9.17, 15) is 13.9 Å². The van der Waals surface area contributed by atoms with Crippen molar-refractivity contribution in [3.8, 4) is 22.6 Å². The van der Waals surface area contributed by atoms with Crippen molar-refractivity contribution < 1.29 is 13.9 Å². The molecule has 2 aliphatic carbocycles. The summed E-state index contributed by atoms with van der Waals surface area (Å²) in [5, 5.41) is 23.5. The summed E-state index contributed by atoms with van der Waals surface area (Å²) in [7, 11) is 0. The second-order valence-corrected chi connectivity index (χ2v) is 10.6. The number of hydrogen-bond donors (Lipinski definition) is 1. The topological polar surface area (TPSA) is 89.6 Å². The van der Waals surface area contributed by atoms with E-state index in [2.05, 4.69) is 34.1 Å². The molecular formula is C28H28F2N6O. The Hall–Kier alpha value is -3.59. The molecule has 0 radical (unpaired) electrons. The normalized spacial score (nSPS) is 22.3. The number of aliphatic hydroxyl groups is 1. The smallest absolute Gasteiger partial charge is 0.135 e. The molecule has 1 fully saturated rings. The molecule has 9 heteroatoms. The Morgan fingerprint density at radius 3 is 2.62 bits per heavy atom. The van der Waals surface area contributed by atoms with Gasteiger partial charge in [0.25, 0.3) is 0 Å². The Balaban J connectivity index is 1.43. The molecule has 3 aromatic heterocycles. The molecule has 1 saturated carbocycles. The first-order valence-corrected chi connectivity index (χ1v) is 12.6. The first-order chi connectivity index (χ1) is 17.8. The predicted octanol–water partition coefficient (Wildman–Crippen LogP) is 5.05. The first-order valence-electron chi connectivity index (χ1n) is 12.6. The molecule has 0 spiro atoms. The molecule has 0 unspecified atom stereocenters. The fourth-order valence-electron chi connectivity index (χ4n) is 6.40. The van der Waals surface area contributed by atoms with Gasteiger partial charge in [-0.1, -0.05) is 26.8 Å². The van der Waals surface area contributed by atoms with Crippen LogP contribution in [0.1, 0.15) is 62.9 Å². The van der Waals surface area contributed by atoms with Crippen molar-refractivity contribution >= 4 is 0 Å². The van der Waals surface area contributed by atoms with Crippen LogP contribution in [0.3, 0.4) is 0 Å². The molecule has 6 rings (SSSR count). The van der Waals surface area contributed by atoms with Crippen LogP contribution in [-0.4, -0.2) is 41.2 Å². The van der Waals surface area contributed by atoms with E-state index in [4.69, 9.17) is 4.98 Å². The van der Waals surface area contributed by atoms with Gasteiger partial charge in [0, 0.05) is 12.4 Å². The highest BCUT2D eigenvalue weighted by Crippen LogP contribution is 2.69. The third-order valence-corrected chi connectivity index (χ3v) is 8.45. The Kier molecular flexibility index (Phi) is 5.45. The van der Waals surface area contributed by atoms with Crippen molar-refractivity contribution in [1.29, 1.82) is 0 Å². The van der Waals surface area contributed by atoms with Gasteiger partial charge in [-0.05, 0) is 60.4 Å². The highest BCUT2D eigenvalue weighted by atomic mass is 19.1. The lowest BCUT2D eigenvalue weighted by molar-refractivity contribution is 0.145. The average Bonchev–Trinajstić information content (AvgIpc) is 3.51. The second-order valence-electron chi connectivity index (χ2n) is 10.6. The number of nitrogens with zero attached hydrogens (tertiary/aromatic N) is 6. The molecule has 190 valence electrons. The summed E-state index contributed by atoms with van der Waals surface area (Å²) >= 11 is 0. The molecule has 2 bridgehead atoms. The Labute approximate surface area is 213 Å². The lowest BCUT2D eigenvalue weighted by Gasteiger charge is -2.37. The molecule has 1 N–H and O–H groups in total. The van der Waals surface area contributed by atoms with E-state index in [-0.39, 0.29) is 22.6 Å². The minimum absolute atomic E-state index is 0.145. The van der Waals surface area contributed by atoms with Gasteiger partial charge in [-0.3, -0.25) is 9.67 Å². The summed E-state index contributed by atoms with van der Waals surface area (Å²) in [4.78, 5) is 9.54. The van der Waals surface area contributed by atoms with E-state index in [1.165, 1.54) is 18.2 Å². The van der Waals surface area contributed by atoms with Gasteiger partial charge in [-0.2, -0.15) is 10.2 Å². The molecule has 0 aliphatic heterocycles. The van der Waals surface area contributed by atoms with Crippen LogP contribution in [0.2, 0.25) is 0 Å². The summed E-state index contributed by atoms with van der Waals surface area (Å²) < 4.78 is 30.7. The van der Waals surface area contributed by atoms with Gasteiger partial charge in [-0.25, -0.2) is 13.8 Å². The summed E-state index contributed by atoms with van der Waals surface area (Å²) in [6, 6.07) is 7.48. The van der Waals surface area contributed by atoms with E-state index in [0.717, 1.165) is 29.8 Å². The number of aliphatic hydroxyl groups excluding tert-OH is 1. The molecule has 3 atom stereocenters. The van der Waals surface area contributed by atoms with Gasteiger partial charge < -0.3 is 5.11 Å². The van der Waals surface area contributed by atoms with Crippen molar-refractivity contribution in [3.63, 3.8) is 0 Å². The fraction of sp³-hybridized carbons (Fsp3) is 0.393. The molecule has 4 aromatic rings. The van der Waals surface area contributed by atoms with Crippen LogP contribution in [0.15, 0.2) is 48.9 Å². The Morgan fingerprint density at radius 1 is 1.08 bits per heavy atom. The van der Waals surface area contributed by atoms with E-state index in [1.54, 1.807) is 23.1 Å². The Morgan fingerprint density at radius 2 is 1.86 bits per heavy atom. The molecule has 37 heavy (non-hydrogen) atoms. The van der Waals surface area contributed by atoms with Crippen molar-refractivity contribution in [2.24, 2.45) is 5.41 Å². The van der Waals surface area contributed by atoms with Crippen LogP contribution in [-0.2, 0) is 12.0 Å². The van der Waals surface area contributed by atoms with Crippen LogP contribution in [0, 0.1) is 17.0 Å². The number of fused-ring (bicyclic) bond motifs is 5. The maximum Gasteiger partial charge on any atom is 0.135 e. The zero-order chi connectivity index (χ0) is 25.9. The standard InChI is InChI=1S/C28H28F2N6O/c1-4-16(37)15-36-11-9-21(35-36)23-13-31-14-24(32-23)28-10-8-18(27(28,2)3)17-12-22(33-34-26(17)28)25-19(29)6-5-7-20(25)30/h5-7,9,11-14,16,18,37H,4,8,10,15H2,1-3H3/t16-,18+,28+/m1/s1. The van der Waals surface area contributed by atoms with Crippen molar-refractivity contribution in [2.75, 3.05) is 0 Å². The molecule has 1 aromatic carbocycles. The number of benzene rings is 1. The third kappa shape index (κ3) is 3.43. The summed E-state index contributed by atoms with van der Waals surface area (Å²) in [6.07, 6.45) is 7.22. The van der Waals surface area contributed by atoms with Crippen molar-refractivity contribution in [1.82, 2.24) is 29.9 Å². The number of hydrogen-bond acceptors (Lipinski definition) is 6. The van der Waals surface area contributed by atoms with Gasteiger partial charge in [0.05, 0.1) is 46.9 Å². The fourth-order valence-corrected chi connectivity index (χ4v) is 6.40. The average molecular weight is 503 g/mol. The zero-order valence-corrected chi connectivity index (χ0v) is 21.0. The lowest BCUT2D eigenvalue weighted by Crippen LogP contribution is -2.38. The minimum atomic E-state index is -0.657. The first kappa shape index (κ1) is 23.8. The van der Waals surface area contributed by atoms with Crippen LogP contribution in [0.4, 0.5) is 8.78 Å². The largest absolute Gasteiger partial charge is 0.391 e. The Bertz CT molecular complexity index is 1480. The molecule has 0 amide bonds. The monoisotopic (exact) mass is 502 g/mol. The van der Waals surface area contributed by atoms with Crippen LogP contribution >= 0.6 is 0 Å². The lowest BCUT2D eigenvalue weighted by atomic mass is 9.66. The van der Waals surface area contributed by atoms with Gasteiger partial charge in [0.1, 0.15) is 23.0 Å². The van der Waals surface area contributed by atoms with Crippen molar-refractivity contribution in [3.05, 3.63) is 77.5 Å². The molecule has 7 nitrogen and oxygen atoms in total. The summed E-state index contributed by atoms with van der Waals surface area (Å²) in [5.41, 5.74) is 3.14. The molecular weight excluding hydrogens is 474 g/mol. The van der Waals surface area contributed by atoms with E-state index < -0.39 is 23.2 Å². The maximum absolute atomic E-state index is 14.5. The highest BCUT2D eigenvalue weighted by molar-refractivity contribution is 5.64. The zero-order valence-electron chi connectivity index (χ0n) is 21.0. The number of halogens is 2. The van der Waals surface area contributed by atoms with Crippen LogP contribution < -0.4 is 0 Å². The number of aromatic nitrogens is 6. The van der Waals surface area contributed by atoms with Gasteiger partial charge in [0.2, 0.25) is 0 Å². The van der Waals surface area contributed by atoms with E-state index in [0.29, 0.717) is 24.4 Å². The highest BCUT2D eigenvalue weighted by Gasteiger charge is 2.65. The maximum atomic E-state index is 14.5. The van der Waals surface area contributed by atoms with Crippen molar-refractivity contribution in [2.45, 2.75) is 64.0 Å². The third-order valence-electron chi connectivity index (χ3n) is 8.45. The van der Waals surface area contributed by atoms with E-state index in [1.807, 2.05) is 19.2 Å². The van der Waals surface area contributed by atoms with Gasteiger partial charge in [-0.15, -0.1) is 5.10 Å². The van der Waals surface area contributed by atoms with Crippen LogP contribution in [0.5, 0.6) is 0 Å². The van der Waals surface area contributed by atoms with E-state index >= 15 is 0 Å². The molecule has 0 saturated heterocycles. The van der Waals surface area contributed by atoms with Gasteiger partial charge in [0.15, 0.2) is 0 Å². The molecule has 2 aliphatic rings.